The zero-order valence-corrected chi connectivity index (χ0v) is 25.8. The molecule has 7 aromatic rings. The summed E-state index contributed by atoms with van der Waals surface area (Å²) in [7, 11) is 0. The molecule has 11 heteroatoms. The number of thiophene rings is 1. The number of alkyl halides is 3. The van der Waals surface area contributed by atoms with Crippen LogP contribution in [0.15, 0.2) is 85.3 Å². The Balaban J connectivity index is 1.39. The summed E-state index contributed by atoms with van der Waals surface area (Å²) < 4.78 is 51.2. The van der Waals surface area contributed by atoms with E-state index < -0.39 is 29.6 Å². The number of hydrogen-bond donors (Lipinski definition) is 0. The average molecular weight is 636 g/mol. The molecule has 7 heterocycles. The van der Waals surface area contributed by atoms with Crippen molar-refractivity contribution in [3.05, 3.63) is 96.7 Å². The molecule has 9 rings (SSSR count). The normalized spacial score (nSPS) is 18.4. The minimum absolute atomic E-state index is 0.214. The monoisotopic (exact) mass is 635 g/mol. The van der Waals surface area contributed by atoms with Crippen molar-refractivity contribution >= 4 is 42.7 Å². The highest BCUT2D eigenvalue weighted by Crippen LogP contribution is 2.49. The number of nitrogens with zero attached hydrogens (tertiary/aromatic N) is 7. The van der Waals surface area contributed by atoms with Crippen LogP contribution >= 0.6 is 11.3 Å². The van der Waals surface area contributed by atoms with Gasteiger partial charge in [0.25, 0.3) is 11.5 Å². The third-order valence-corrected chi connectivity index (χ3v) is 11.2. The first kappa shape index (κ1) is 27.5. The Bertz CT molecular complexity index is 2350. The lowest BCUT2D eigenvalue weighted by Gasteiger charge is -2.31. The smallest absolute Gasteiger partial charge is 0.244 e. The van der Waals surface area contributed by atoms with E-state index in [4.69, 9.17) is 4.98 Å². The molecule has 2 aliphatic rings. The Morgan fingerprint density at radius 1 is 0.913 bits per heavy atom. The average Bonchev–Trinajstić information content (AvgIpc) is 3.75. The topological polar surface area (TPSA) is 64.2 Å². The van der Waals surface area contributed by atoms with Gasteiger partial charge in [0, 0.05) is 62.7 Å². The molecule has 0 fully saturated rings. The van der Waals surface area contributed by atoms with Crippen molar-refractivity contribution in [1.82, 2.24) is 24.7 Å². The molecular weight excluding hydrogens is 607 g/mol. The highest BCUT2D eigenvalue weighted by Gasteiger charge is 2.53. The number of rotatable bonds is 3. The van der Waals surface area contributed by atoms with Gasteiger partial charge in [-0.2, -0.15) is 22.7 Å². The fourth-order valence-corrected chi connectivity index (χ4v) is 8.99. The van der Waals surface area contributed by atoms with Gasteiger partial charge in [0.05, 0.1) is 6.20 Å². The van der Waals surface area contributed by atoms with Crippen LogP contribution in [0, 0.1) is 0 Å². The fourth-order valence-electron chi connectivity index (χ4n) is 7.86. The molecule has 0 N–H and O–H groups in total. The molecule has 0 saturated heterocycles. The molecule has 2 atom stereocenters. The number of aromatic nitrogens is 7. The van der Waals surface area contributed by atoms with E-state index in [1.54, 1.807) is 28.4 Å². The van der Waals surface area contributed by atoms with Gasteiger partial charge in [0.2, 0.25) is 5.82 Å². The van der Waals surface area contributed by atoms with E-state index in [1.807, 2.05) is 36.5 Å². The number of hydrogen-bond acceptors (Lipinski definition) is 5. The Morgan fingerprint density at radius 3 is 2.54 bits per heavy atom. The maximum atomic E-state index is 14.3. The molecule has 0 aliphatic carbocycles. The molecule has 0 bridgehead atoms. The van der Waals surface area contributed by atoms with Crippen LogP contribution in [0.5, 0.6) is 0 Å². The summed E-state index contributed by atoms with van der Waals surface area (Å²) in [5.74, 6) is -0.920. The Kier molecular flexibility index (Phi) is 5.76. The summed E-state index contributed by atoms with van der Waals surface area (Å²) in [6.07, 6.45) is 2.70. The van der Waals surface area contributed by atoms with Gasteiger partial charge in [-0.05, 0) is 41.4 Å². The summed E-state index contributed by atoms with van der Waals surface area (Å²) in [5.41, 5.74) is 4.65. The van der Waals surface area contributed by atoms with Crippen LogP contribution in [0.4, 0.5) is 13.2 Å². The largest absolute Gasteiger partial charge is 0.453 e. The highest BCUT2D eigenvalue weighted by molar-refractivity contribution is 7.25. The number of halogens is 3. The summed E-state index contributed by atoms with van der Waals surface area (Å²) in [4.78, 5) is 13.6. The first-order valence-corrected chi connectivity index (χ1v) is 16.3. The summed E-state index contributed by atoms with van der Waals surface area (Å²) in [6.45, 7) is 4.30. The quantitative estimate of drug-likeness (QED) is 0.188. The van der Waals surface area contributed by atoms with Gasteiger partial charge in [-0.1, -0.05) is 32.0 Å². The van der Waals surface area contributed by atoms with Crippen LogP contribution < -0.4 is 9.13 Å². The number of benzene rings is 2. The van der Waals surface area contributed by atoms with Gasteiger partial charge in [-0.25, -0.2) is 14.2 Å². The predicted octanol–water partition coefficient (Wildman–Crippen LogP) is 7.58. The molecule has 0 amide bonds. The second kappa shape index (κ2) is 9.62. The van der Waals surface area contributed by atoms with Crippen LogP contribution in [-0.2, 0) is 11.7 Å². The Labute approximate surface area is 265 Å². The predicted molar refractivity (Wildman–Crippen MR) is 169 cm³/mol. The third-order valence-electron chi connectivity index (χ3n) is 10.1. The molecule has 0 saturated carbocycles. The highest BCUT2D eigenvalue weighted by atomic mass is 32.1. The van der Waals surface area contributed by atoms with Crippen molar-refractivity contribution in [3.8, 4) is 22.8 Å². The van der Waals surface area contributed by atoms with Crippen LogP contribution in [0.3, 0.4) is 0 Å². The second-order valence-electron chi connectivity index (χ2n) is 12.2. The van der Waals surface area contributed by atoms with Crippen molar-refractivity contribution in [3.63, 3.8) is 0 Å². The zero-order valence-electron chi connectivity index (χ0n) is 25.0. The second-order valence-corrected chi connectivity index (χ2v) is 13.3. The van der Waals surface area contributed by atoms with Gasteiger partial charge >= 0.3 is 11.8 Å². The van der Waals surface area contributed by atoms with E-state index in [2.05, 4.69) is 74.4 Å². The van der Waals surface area contributed by atoms with Crippen LogP contribution in [0.2, 0.25) is 0 Å². The van der Waals surface area contributed by atoms with Crippen molar-refractivity contribution in [2.75, 3.05) is 0 Å². The lowest BCUT2D eigenvalue weighted by Crippen LogP contribution is -2.57. The van der Waals surface area contributed by atoms with E-state index >= 15 is 0 Å². The van der Waals surface area contributed by atoms with Gasteiger partial charge in [0.15, 0.2) is 29.5 Å². The molecule has 228 valence electrons. The lowest BCUT2D eigenvalue weighted by atomic mass is 9.81. The van der Waals surface area contributed by atoms with E-state index in [1.165, 1.54) is 10.1 Å². The van der Waals surface area contributed by atoms with Crippen molar-refractivity contribution in [2.45, 2.75) is 56.9 Å². The van der Waals surface area contributed by atoms with Gasteiger partial charge in [-0.3, -0.25) is 0 Å². The molecule has 2 unspecified atom stereocenters. The molecule has 7 nitrogen and oxygen atoms in total. The Morgan fingerprint density at radius 2 is 1.72 bits per heavy atom. The van der Waals surface area contributed by atoms with E-state index in [-0.39, 0.29) is 5.82 Å². The summed E-state index contributed by atoms with van der Waals surface area (Å²) in [5, 5.41) is 6.63. The van der Waals surface area contributed by atoms with Gasteiger partial charge in [-0.15, -0.1) is 16.4 Å². The molecule has 2 aliphatic heterocycles. The SMILES string of the molecule is CCC1(CC)CC(C2c3cc4sc5ccccc5c4cc3-c3ccc4nccnc4[n+]32)n2nc(C(F)(F)F)nc2-c2cccc[n+]21. The minimum atomic E-state index is -4.70. The fraction of sp³-hybridized carbons (Fsp3) is 0.257. The number of pyridine rings is 2. The number of fused-ring (bicyclic) bond motifs is 11. The maximum Gasteiger partial charge on any atom is 0.453 e. The molecule has 5 aromatic heterocycles. The maximum absolute atomic E-state index is 14.3. The molecular formula is C35H28F3N7S+2. The van der Waals surface area contributed by atoms with Crippen molar-refractivity contribution in [1.29, 1.82) is 0 Å². The minimum Gasteiger partial charge on any atom is -0.244 e. The molecule has 0 spiro atoms. The van der Waals surface area contributed by atoms with E-state index in [0.717, 1.165) is 45.3 Å². The first-order valence-electron chi connectivity index (χ1n) is 15.5. The summed E-state index contributed by atoms with van der Waals surface area (Å²) >= 11 is 1.73. The first-order chi connectivity index (χ1) is 22.3. The zero-order chi connectivity index (χ0) is 31.4. The van der Waals surface area contributed by atoms with Crippen LogP contribution in [-0.4, -0.2) is 24.7 Å². The molecule has 2 aromatic carbocycles. The standard InChI is InChI=1S/C35H28F3N7S/c1-3-34(4-2)19-27(45-32(26-10-7-8-16-43(26)34)41-33(42-45)35(36,37)38)30-23-18-29-22(20-9-5-6-11-28(20)46-29)17-21(23)25-13-12-24-31(44(25)30)40-15-14-39-24/h5-18,27,30H,3-4,19H2,1-2H3/q+2. The van der Waals surface area contributed by atoms with Gasteiger partial charge in [0.1, 0.15) is 11.7 Å². The van der Waals surface area contributed by atoms with Crippen molar-refractivity contribution < 1.29 is 22.3 Å². The van der Waals surface area contributed by atoms with Crippen LogP contribution in [0.1, 0.15) is 56.6 Å². The lowest BCUT2D eigenvalue weighted by molar-refractivity contribution is -0.759. The molecule has 46 heavy (non-hydrogen) atoms. The third kappa shape index (κ3) is 3.72. The molecule has 0 radical (unpaired) electrons. The Hall–Kier alpha value is -4.77. The summed E-state index contributed by atoms with van der Waals surface area (Å²) in [6, 6.07) is 21.6. The van der Waals surface area contributed by atoms with Gasteiger partial charge < -0.3 is 0 Å². The van der Waals surface area contributed by atoms with E-state index in [0.29, 0.717) is 17.8 Å². The van der Waals surface area contributed by atoms with Crippen LogP contribution in [0.25, 0.3) is 54.1 Å². The van der Waals surface area contributed by atoms with Crippen molar-refractivity contribution in [2.24, 2.45) is 0 Å². The van der Waals surface area contributed by atoms with E-state index in [9.17, 15) is 13.2 Å².